The number of pyridine rings is 1. The summed E-state index contributed by atoms with van der Waals surface area (Å²) in [6.07, 6.45) is 2.43. The molecule has 5 heteroatoms. The summed E-state index contributed by atoms with van der Waals surface area (Å²) in [5.74, 6) is 0.276. The Kier molecular flexibility index (Phi) is 5.75. The van der Waals surface area contributed by atoms with Crippen LogP contribution in [-0.2, 0) is 4.79 Å². The van der Waals surface area contributed by atoms with Gasteiger partial charge < -0.3 is 11.1 Å². The molecule has 100 valence electrons. The molecule has 0 aliphatic rings. The van der Waals surface area contributed by atoms with Gasteiger partial charge in [0.2, 0.25) is 5.91 Å². The number of hydrogen-bond acceptors (Lipinski definition) is 3. The number of carbonyl (C=O) groups is 1. The third kappa shape index (κ3) is 4.38. The smallest absolute Gasteiger partial charge is 0.228 e. The van der Waals surface area contributed by atoms with Gasteiger partial charge in [-0.15, -0.1) is 0 Å². The first-order valence-electron chi connectivity index (χ1n) is 6.07. The van der Waals surface area contributed by atoms with Crippen LogP contribution in [0.15, 0.2) is 16.9 Å². The van der Waals surface area contributed by atoms with E-state index in [0.717, 1.165) is 16.6 Å². The molecule has 0 saturated heterocycles. The van der Waals surface area contributed by atoms with Crippen molar-refractivity contribution in [1.82, 2.24) is 4.98 Å². The molecule has 0 spiro atoms. The minimum absolute atomic E-state index is 0.0327. The predicted octanol–water partition coefficient (Wildman–Crippen LogP) is 2.71. The van der Waals surface area contributed by atoms with E-state index in [1.807, 2.05) is 13.0 Å². The Morgan fingerprint density at radius 3 is 2.72 bits per heavy atom. The maximum Gasteiger partial charge on any atom is 0.228 e. The molecular formula is C13H20BrN3O. The van der Waals surface area contributed by atoms with E-state index in [0.29, 0.717) is 18.2 Å². The lowest BCUT2D eigenvalue weighted by Crippen LogP contribution is -2.30. The average molecular weight is 314 g/mol. The number of nitrogens with one attached hydrogen (secondary N) is 1. The van der Waals surface area contributed by atoms with Crippen LogP contribution in [0.25, 0.3) is 0 Å². The largest absolute Gasteiger partial charge is 0.330 e. The second-order valence-corrected chi connectivity index (χ2v) is 5.63. The molecule has 1 aromatic heterocycles. The van der Waals surface area contributed by atoms with Gasteiger partial charge in [0.1, 0.15) is 4.60 Å². The number of rotatable bonds is 5. The zero-order valence-corrected chi connectivity index (χ0v) is 12.6. The number of anilines is 1. The fraction of sp³-hybridized carbons (Fsp3) is 0.538. The van der Waals surface area contributed by atoms with E-state index in [-0.39, 0.29) is 11.8 Å². The van der Waals surface area contributed by atoms with Crippen LogP contribution in [0.3, 0.4) is 0 Å². The minimum Gasteiger partial charge on any atom is -0.330 e. The van der Waals surface area contributed by atoms with E-state index in [2.05, 4.69) is 40.1 Å². The van der Waals surface area contributed by atoms with E-state index in [1.165, 1.54) is 0 Å². The summed E-state index contributed by atoms with van der Waals surface area (Å²) in [7, 11) is 0. The Balaban J connectivity index is 2.70. The molecule has 1 atom stereocenters. The zero-order chi connectivity index (χ0) is 13.7. The van der Waals surface area contributed by atoms with E-state index in [4.69, 9.17) is 5.73 Å². The normalized spacial score (nSPS) is 12.6. The maximum atomic E-state index is 12.0. The lowest BCUT2D eigenvalue weighted by Gasteiger charge is -2.16. The Morgan fingerprint density at radius 1 is 1.56 bits per heavy atom. The summed E-state index contributed by atoms with van der Waals surface area (Å²) in [4.78, 5) is 16.2. The van der Waals surface area contributed by atoms with Crippen LogP contribution in [-0.4, -0.2) is 17.4 Å². The van der Waals surface area contributed by atoms with Crippen LogP contribution in [0, 0.1) is 18.8 Å². The lowest BCUT2D eigenvalue weighted by molar-refractivity contribution is -0.120. The molecular weight excluding hydrogens is 294 g/mol. The van der Waals surface area contributed by atoms with Crippen molar-refractivity contribution < 1.29 is 4.79 Å². The van der Waals surface area contributed by atoms with Crippen LogP contribution in [0.1, 0.15) is 25.8 Å². The molecule has 0 radical (unpaired) electrons. The van der Waals surface area contributed by atoms with Gasteiger partial charge in [-0.2, -0.15) is 0 Å². The molecule has 18 heavy (non-hydrogen) atoms. The zero-order valence-electron chi connectivity index (χ0n) is 11.0. The maximum absolute atomic E-state index is 12.0. The summed E-state index contributed by atoms with van der Waals surface area (Å²) < 4.78 is 0.790. The Morgan fingerprint density at radius 2 is 2.22 bits per heavy atom. The molecule has 4 nitrogen and oxygen atoms in total. The van der Waals surface area contributed by atoms with E-state index >= 15 is 0 Å². The van der Waals surface area contributed by atoms with Gasteiger partial charge in [-0.3, -0.25) is 4.79 Å². The van der Waals surface area contributed by atoms with Gasteiger partial charge in [0.05, 0.1) is 17.8 Å². The average Bonchev–Trinajstić information content (AvgIpc) is 2.30. The summed E-state index contributed by atoms with van der Waals surface area (Å²) >= 11 is 3.33. The Labute approximate surface area is 116 Å². The molecule has 1 unspecified atom stereocenters. The van der Waals surface area contributed by atoms with Gasteiger partial charge >= 0.3 is 0 Å². The fourth-order valence-electron chi connectivity index (χ4n) is 1.75. The highest BCUT2D eigenvalue weighted by Crippen LogP contribution is 2.18. The van der Waals surface area contributed by atoms with Crippen molar-refractivity contribution in [3.8, 4) is 0 Å². The van der Waals surface area contributed by atoms with Crippen LogP contribution >= 0.6 is 15.9 Å². The first-order valence-corrected chi connectivity index (χ1v) is 6.86. The van der Waals surface area contributed by atoms with Crippen LogP contribution in [0.2, 0.25) is 0 Å². The van der Waals surface area contributed by atoms with Crippen molar-refractivity contribution >= 4 is 27.5 Å². The number of nitrogens with zero attached hydrogens (tertiary/aromatic N) is 1. The number of nitrogens with two attached hydrogens (primary N) is 1. The molecule has 0 bridgehead atoms. The van der Waals surface area contributed by atoms with Crippen molar-refractivity contribution in [3.63, 3.8) is 0 Å². The molecule has 0 fully saturated rings. The number of halogens is 1. The topological polar surface area (TPSA) is 68.0 Å². The lowest BCUT2D eigenvalue weighted by atomic mass is 9.96. The first kappa shape index (κ1) is 15.1. The first-order chi connectivity index (χ1) is 8.43. The predicted molar refractivity (Wildman–Crippen MR) is 77.3 cm³/mol. The molecule has 1 heterocycles. The number of hydrogen-bond donors (Lipinski definition) is 2. The van der Waals surface area contributed by atoms with Gasteiger partial charge in [-0.1, -0.05) is 13.8 Å². The highest BCUT2D eigenvalue weighted by Gasteiger charge is 2.18. The van der Waals surface area contributed by atoms with Crippen molar-refractivity contribution in [2.45, 2.75) is 27.2 Å². The van der Waals surface area contributed by atoms with Gasteiger partial charge in [0, 0.05) is 6.54 Å². The van der Waals surface area contributed by atoms with Gasteiger partial charge in [-0.25, -0.2) is 4.98 Å². The molecule has 0 aromatic carbocycles. The van der Waals surface area contributed by atoms with E-state index in [9.17, 15) is 4.79 Å². The molecule has 0 aliphatic heterocycles. The quantitative estimate of drug-likeness (QED) is 0.821. The van der Waals surface area contributed by atoms with E-state index < -0.39 is 0 Å². The van der Waals surface area contributed by atoms with Gasteiger partial charge in [0.25, 0.3) is 0 Å². The summed E-state index contributed by atoms with van der Waals surface area (Å²) in [6, 6.07) is 1.89. The molecule has 0 aliphatic carbocycles. The molecule has 1 aromatic rings. The SMILES string of the molecule is Cc1cc(NC(=O)C(CN)CC(C)C)cnc1Br. The van der Waals surface area contributed by atoms with Crippen LogP contribution < -0.4 is 11.1 Å². The van der Waals surface area contributed by atoms with Crippen molar-refractivity contribution in [3.05, 3.63) is 22.4 Å². The summed E-state index contributed by atoms with van der Waals surface area (Å²) in [6.45, 7) is 6.47. The van der Waals surface area contributed by atoms with Gasteiger partial charge in [-0.05, 0) is 46.8 Å². The third-order valence-corrected chi connectivity index (χ3v) is 3.52. The summed E-state index contributed by atoms with van der Waals surface area (Å²) in [5.41, 5.74) is 7.34. The third-order valence-electron chi connectivity index (χ3n) is 2.69. The monoisotopic (exact) mass is 313 g/mol. The number of carbonyl (C=O) groups excluding carboxylic acids is 1. The Hall–Kier alpha value is -0.940. The van der Waals surface area contributed by atoms with Gasteiger partial charge in [0.15, 0.2) is 0 Å². The fourth-order valence-corrected chi connectivity index (χ4v) is 1.97. The number of aryl methyl sites for hydroxylation is 1. The Bertz CT molecular complexity index is 421. The molecule has 1 amide bonds. The van der Waals surface area contributed by atoms with Crippen molar-refractivity contribution in [2.24, 2.45) is 17.6 Å². The second-order valence-electron chi connectivity index (χ2n) is 4.88. The highest BCUT2D eigenvalue weighted by molar-refractivity contribution is 9.10. The van der Waals surface area contributed by atoms with Crippen LogP contribution in [0.5, 0.6) is 0 Å². The molecule has 1 rings (SSSR count). The van der Waals surface area contributed by atoms with E-state index in [1.54, 1.807) is 6.20 Å². The molecule has 0 saturated carbocycles. The molecule has 3 N–H and O–H groups in total. The summed E-state index contributed by atoms with van der Waals surface area (Å²) in [5, 5.41) is 2.86. The minimum atomic E-state index is -0.144. The highest BCUT2D eigenvalue weighted by atomic mass is 79.9. The van der Waals surface area contributed by atoms with Crippen molar-refractivity contribution in [2.75, 3.05) is 11.9 Å². The van der Waals surface area contributed by atoms with Crippen LogP contribution in [0.4, 0.5) is 5.69 Å². The number of amides is 1. The number of aromatic nitrogens is 1. The standard InChI is InChI=1S/C13H20BrN3O/c1-8(2)4-10(6-15)13(18)17-11-5-9(3)12(14)16-7-11/h5,7-8,10H,4,6,15H2,1-3H3,(H,17,18). The second kappa shape index (κ2) is 6.85. The van der Waals surface area contributed by atoms with Crippen molar-refractivity contribution in [1.29, 1.82) is 0 Å².